The van der Waals surface area contributed by atoms with Crippen molar-refractivity contribution >= 4 is 0 Å². The molecule has 1 rings (SSSR count). The molecule has 15 heavy (non-hydrogen) atoms. The van der Waals surface area contributed by atoms with Crippen LogP contribution in [-0.2, 0) is 4.74 Å². The molecule has 1 saturated carbocycles. The highest BCUT2D eigenvalue weighted by molar-refractivity contribution is 4.95. The van der Waals surface area contributed by atoms with Gasteiger partial charge in [-0.3, -0.25) is 0 Å². The average Bonchev–Trinajstić information content (AvgIpc) is 2.93. The molecule has 1 fully saturated rings. The molecular formula is C12H25NO2. The highest BCUT2D eigenvalue weighted by Gasteiger charge is 2.42. The van der Waals surface area contributed by atoms with E-state index in [0.29, 0.717) is 31.1 Å². The van der Waals surface area contributed by atoms with Gasteiger partial charge in [0.25, 0.3) is 0 Å². The summed E-state index contributed by atoms with van der Waals surface area (Å²) in [6.07, 6.45) is 3.20. The van der Waals surface area contributed by atoms with Gasteiger partial charge in [0.2, 0.25) is 0 Å². The molecule has 1 aliphatic carbocycles. The molecule has 0 aromatic heterocycles. The van der Waals surface area contributed by atoms with E-state index in [-0.39, 0.29) is 0 Å². The Morgan fingerprint density at radius 3 is 2.33 bits per heavy atom. The Labute approximate surface area is 93.0 Å². The zero-order chi connectivity index (χ0) is 11.5. The lowest BCUT2D eigenvalue weighted by Gasteiger charge is -2.27. The lowest BCUT2D eigenvalue weighted by atomic mass is 9.93. The number of ether oxygens (including phenoxy) is 1. The molecule has 1 aliphatic rings. The van der Waals surface area contributed by atoms with E-state index in [1.807, 2.05) is 0 Å². The van der Waals surface area contributed by atoms with Gasteiger partial charge in [0, 0.05) is 13.2 Å². The third kappa shape index (κ3) is 4.49. The van der Waals surface area contributed by atoms with Gasteiger partial charge < -0.3 is 15.6 Å². The van der Waals surface area contributed by atoms with Gasteiger partial charge in [0.15, 0.2) is 0 Å². The van der Waals surface area contributed by atoms with Crippen molar-refractivity contribution in [2.24, 2.45) is 17.1 Å². The molecule has 0 aromatic carbocycles. The molecule has 0 radical (unpaired) electrons. The standard InChI is InChI=1S/C12H25NO2/c1-11(2,3)6-7-15-9-12(14,8-13)10-4-5-10/h10,14H,4-9,13H2,1-3H3. The van der Waals surface area contributed by atoms with Gasteiger partial charge in [-0.05, 0) is 30.6 Å². The van der Waals surface area contributed by atoms with Gasteiger partial charge in [-0.1, -0.05) is 20.8 Å². The summed E-state index contributed by atoms with van der Waals surface area (Å²) in [5.41, 5.74) is 5.11. The Morgan fingerprint density at radius 2 is 1.93 bits per heavy atom. The number of nitrogens with two attached hydrogens (primary N) is 1. The molecule has 3 N–H and O–H groups in total. The first kappa shape index (κ1) is 12.9. The smallest absolute Gasteiger partial charge is 0.103 e. The fourth-order valence-corrected chi connectivity index (χ4v) is 1.59. The van der Waals surface area contributed by atoms with Crippen molar-refractivity contribution in [3.63, 3.8) is 0 Å². The second-order valence-electron chi connectivity index (χ2n) is 5.95. The van der Waals surface area contributed by atoms with E-state index in [0.717, 1.165) is 19.3 Å². The van der Waals surface area contributed by atoms with Gasteiger partial charge in [-0.25, -0.2) is 0 Å². The van der Waals surface area contributed by atoms with Crippen molar-refractivity contribution in [3.05, 3.63) is 0 Å². The number of aliphatic hydroxyl groups is 1. The van der Waals surface area contributed by atoms with Crippen molar-refractivity contribution in [2.75, 3.05) is 19.8 Å². The fourth-order valence-electron chi connectivity index (χ4n) is 1.59. The summed E-state index contributed by atoms with van der Waals surface area (Å²) in [7, 11) is 0. The molecule has 0 bridgehead atoms. The van der Waals surface area contributed by atoms with Crippen LogP contribution in [0.25, 0.3) is 0 Å². The van der Waals surface area contributed by atoms with Crippen LogP contribution in [0.1, 0.15) is 40.0 Å². The average molecular weight is 215 g/mol. The summed E-state index contributed by atoms with van der Waals surface area (Å²) in [4.78, 5) is 0. The summed E-state index contributed by atoms with van der Waals surface area (Å²) < 4.78 is 5.54. The van der Waals surface area contributed by atoms with Crippen LogP contribution >= 0.6 is 0 Å². The van der Waals surface area contributed by atoms with E-state index in [1.165, 1.54) is 0 Å². The predicted molar refractivity (Wildman–Crippen MR) is 61.6 cm³/mol. The molecular weight excluding hydrogens is 190 g/mol. The zero-order valence-electron chi connectivity index (χ0n) is 10.3. The summed E-state index contributed by atoms with van der Waals surface area (Å²) in [5, 5.41) is 10.1. The van der Waals surface area contributed by atoms with E-state index in [9.17, 15) is 5.11 Å². The van der Waals surface area contributed by atoms with Crippen molar-refractivity contribution in [3.8, 4) is 0 Å². The topological polar surface area (TPSA) is 55.5 Å². The summed E-state index contributed by atoms with van der Waals surface area (Å²) in [6.45, 7) is 7.97. The molecule has 0 heterocycles. The molecule has 3 heteroatoms. The van der Waals surface area contributed by atoms with E-state index in [4.69, 9.17) is 10.5 Å². The first-order valence-electron chi connectivity index (χ1n) is 5.88. The van der Waals surface area contributed by atoms with Crippen LogP contribution in [0, 0.1) is 11.3 Å². The molecule has 0 spiro atoms. The Balaban J connectivity index is 2.18. The van der Waals surface area contributed by atoms with E-state index in [2.05, 4.69) is 20.8 Å². The Kier molecular flexibility index (Phi) is 4.15. The first-order chi connectivity index (χ1) is 6.87. The van der Waals surface area contributed by atoms with Crippen LogP contribution in [-0.4, -0.2) is 30.5 Å². The van der Waals surface area contributed by atoms with Crippen molar-refractivity contribution in [1.29, 1.82) is 0 Å². The largest absolute Gasteiger partial charge is 0.386 e. The summed E-state index contributed by atoms with van der Waals surface area (Å²) >= 11 is 0. The third-order valence-electron chi connectivity index (χ3n) is 3.04. The highest BCUT2D eigenvalue weighted by atomic mass is 16.5. The number of rotatable bonds is 6. The molecule has 0 amide bonds. The van der Waals surface area contributed by atoms with Crippen LogP contribution in [0.15, 0.2) is 0 Å². The molecule has 0 aliphatic heterocycles. The van der Waals surface area contributed by atoms with Gasteiger partial charge in [-0.15, -0.1) is 0 Å². The SMILES string of the molecule is CC(C)(C)CCOCC(O)(CN)C1CC1. The van der Waals surface area contributed by atoms with Gasteiger partial charge >= 0.3 is 0 Å². The maximum atomic E-state index is 10.1. The van der Waals surface area contributed by atoms with Crippen LogP contribution in [0.5, 0.6) is 0 Å². The first-order valence-corrected chi connectivity index (χ1v) is 5.88. The molecule has 3 nitrogen and oxygen atoms in total. The van der Waals surface area contributed by atoms with Crippen LogP contribution in [0.2, 0.25) is 0 Å². The monoisotopic (exact) mass is 215 g/mol. The lowest BCUT2D eigenvalue weighted by molar-refractivity contribution is -0.0586. The molecule has 1 unspecified atom stereocenters. The van der Waals surface area contributed by atoms with Gasteiger partial charge in [-0.2, -0.15) is 0 Å². The van der Waals surface area contributed by atoms with E-state index >= 15 is 0 Å². The normalized spacial score (nSPS) is 21.4. The van der Waals surface area contributed by atoms with E-state index in [1.54, 1.807) is 0 Å². The van der Waals surface area contributed by atoms with Crippen LogP contribution < -0.4 is 5.73 Å². The second-order valence-corrected chi connectivity index (χ2v) is 5.95. The second kappa shape index (κ2) is 4.81. The lowest BCUT2D eigenvalue weighted by Crippen LogP contribution is -2.44. The van der Waals surface area contributed by atoms with E-state index < -0.39 is 5.60 Å². The molecule has 1 atom stereocenters. The number of hydrogen-bond donors (Lipinski definition) is 2. The zero-order valence-corrected chi connectivity index (χ0v) is 10.3. The van der Waals surface area contributed by atoms with Crippen molar-refractivity contribution in [1.82, 2.24) is 0 Å². The fraction of sp³-hybridized carbons (Fsp3) is 1.00. The quantitative estimate of drug-likeness (QED) is 0.661. The Hall–Kier alpha value is -0.120. The predicted octanol–water partition coefficient (Wildman–Crippen LogP) is 1.54. The Morgan fingerprint density at radius 1 is 1.33 bits per heavy atom. The van der Waals surface area contributed by atoms with Gasteiger partial charge in [0.1, 0.15) is 5.60 Å². The number of hydrogen-bond acceptors (Lipinski definition) is 3. The van der Waals surface area contributed by atoms with Crippen LogP contribution in [0.3, 0.4) is 0 Å². The van der Waals surface area contributed by atoms with Crippen molar-refractivity contribution in [2.45, 2.75) is 45.6 Å². The van der Waals surface area contributed by atoms with Gasteiger partial charge in [0.05, 0.1) is 6.61 Å². The minimum atomic E-state index is -0.766. The minimum Gasteiger partial charge on any atom is -0.386 e. The molecule has 90 valence electrons. The highest BCUT2D eigenvalue weighted by Crippen LogP contribution is 2.39. The molecule has 0 aromatic rings. The maximum Gasteiger partial charge on any atom is 0.103 e. The minimum absolute atomic E-state index is 0.292. The summed E-state index contributed by atoms with van der Waals surface area (Å²) in [5.74, 6) is 0.372. The summed E-state index contributed by atoms with van der Waals surface area (Å²) in [6, 6.07) is 0. The maximum absolute atomic E-state index is 10.1. The van der Waals surface area contributed by atoms with Crippen molar-refractivity contribution < 1.29 is 9.84 Å². The van der Waals surface area contributed by atoms with Crippen LogP contribution in [0.4, 0.5) is 0 Å². The molecule has 0 saturated heterocycles. The Bertz CT molecular complexity index is 196. The third-order valence-corrected chi connectivity index (χ3v) is 3.04.